The summed E-state index contributed by atoms with van der Waals surface area (Å²) in [7, 11) is 0. The van der Waals surface area contributed by atoms with Crippen molar-refractivity contribution in [3.05, 3.63) is 188 Å². The van der Waals surface area contributed by atoms with Gasteiger partial charge in [-0.05, 0) is 108 Å². The molecule has 0 aliphatic heterocycles. The molecular weight excluding hydrogens is 713 g/mol. The summed E-state index contributed by atoms with van der Waals surface area (Å²) >= 11 is 0. The molecule has 0 radical (unpaired) electrons. The minimum absolute atomic E-state index is 0.552. The molecule has 0 bridgehead atoms. The van der Waals surface area contributed by atoms with E-state index in [0.717, 1.165) is 82.8 Å². The standard InChI is InChI=1S/C51H30N6O/c52-30-32-17-20-42-43-21-18-34(29-48(43)58-47(42)24-32)37-25-38(36-12-9-23-53-31-36)27-39(26-37)51-55-49(33-10-3-1-4-11-33)54-50(56-51)35-19-22-46-44(28-35)41-15-7-8-16-45(41)57(46)40-13-5-2-6-14-40/h1-29,31H. The smallest absolute Gasteiger partial charge is 0.164 e. The van der Waals surface area contributed by atoms with Crippen molar-refractivity contribution in [2.45, 2.75) is 0 Å². The Morgan fingerprint density at radius 2 is 1.05 bits per heavy atom. The van der Waals surface area contributed by atoms with E-state index in [1.807, 2.05) is 60.8 Å². The molecule has 270 valence electrons. The molecule has 0 atom stereocenters. The highest BCUT2D eigenvalue weighted by molar-refractivity contribution is 6.10. The first-order valence-electron chi connectivity index (χ1n) is 19.0. The van der Waals surface area contributed by atoms with Gasteiger partial charge in [0.2, 0.25) is 0 Å². The van der Waals surface area contributed by atoms with Gasteiger partial charge in [0.05, 0.1) is 22.7 Å². The molecule has 58 heavy (non-hydrogen) atoms. The highest BCUT2D eigenvalue weighted by atomic mass is 16.3. The van der Waals surface area contributed by atoms with Gasteiger partial charge in [-0.1, -0.05) is 78.9 Å². The van der Waals surface area contributed by atoms with Gasteiger partial charge in [0.25, 0.3) is 0 Å². The van der Waals surface area contributed by atoms with Crippen LogP contribution in [-0.4, -0.2) is 24.5 Å². The lowest BCUT2D eigenvalue weighted by atomic mass is 9.95. The molecule has 0 saturated carbocycles. The second-order valence-electron chi connectivity index (χ2n) is 14.3. The summed E-state index contributed by atoms with van der Waals surface area (Å²) in [5, 5.41) is 13.7. The molecule has 0 amide bonds. The van der Waals surface area contributed by atoms with E-state index in [0.29, 0.717) is 28.6 Å². The molecule has 7 nitrogen and oxygen atoms in total. The second-order valence-corrected chi connectivity index (χ2v) is 14.3. The van der Waals surface area contributed by atoms with Gasteiger partial charge in [0.15, 0.2) is 17.5 Å². The molecule has 4 aromatic heterocycles. The van der Waals surface area contributed by atoms with Crippen LogP contribution in [0.1, 0.15) is 5.56 Å². The van der Waals surface area contributed by atoms with Gasteiger partial charge in [-0.3, -0.25) is 4.98 Å². The summed E-state index contributed by atoms with van der Waals surface area (Å²) in [6.45, 7) is 0. The van der Waals surface area contributed by atoms with E-state index >= 15 is 0 Å². The van der Waals surface area contributed by atoms with Gasteiger partial charge in [-0.2, -0.15) is 5.26 Å². The zero-order chi connectivity index (χ0) is 38.6. The lowest BCUT2D eigenvalue weighted by Crippen LogP contribution is -2.01. The summed E-state index contributed by atoms with van der Waals surface area (Å²) in [5.74, 6) is 1.72. The van der Waals surface area contributed by atoms with Gasteiger partial charge in [-0.15, -0.1) is 0 Å². The van der Waals surface area contributed by atoms with E-state index in [9.17, 15) is 5.26 Å². The molecule has 7 heteroatoms. The Hall–Kier alpha value is -8.21. The van der Waals surface area contributed by atoms with E-state index < -0.39 is 0 Å². The number of benzene rings is 7. The van der Waals surface area contributed by atoms with E-state index in [2.05, 4.69) is 125 Å². The van der Waals surface area contributed by atoms with E-state index in [1.54, 1.807) is 12.3 Å². The Balaban J connectivity index is 1.11. The van der Waals surface area contributed by atoms with Crippen LogP contribution in [0.4, 0.5) is 0 Å². The lowest BCUT2D eigenvalue weighted by molar-refractivity contribution is 0.669. The number of hydrogen-bond donors (Lipinski definition) is 0. The molecule has 0 aliphatic carbocycles. The number of nitrogens with zero attached hydrogens (tertiary/aromatic N) is 6. The Bertz CT molecular complexity index is 3400. The number of fused-ring (bicyclic) bond motifs is 6. The SMILES string of the molecule is N#Cc1ccc2c(c1)oc1cc(-c3cc(-c4cccnc4)cc(-c4nc(-c5ccccc5)nc(-c5ccc6c(c5)c5ccccc5n6-c5ccccc5)n4)c3)ccc12. The average molecular weight is 743 g/mol. The van der Waals surface area contributed by atoms with Crippen molar-refractivity contribution in [1.82, 2.24) is 24.5 Å². The van der Waals surface area contributed by atoms with Crippen LogP contribution in [0.2, 0.25) is 0 Å². The maximum Gasteiger partial charge on any atom is 0.164 e. The third-order valence-corrected chi connectivity index (χ3v) is 10.7. The van der Waals surface area contributed by atoms with Gasteiger partial charge < -0.3 is 8.98 Å². The Morgan fingerprint density at radius 3 is 1.83 bits per heavy atom. The fourth-order valence-electron chi connectivity index (χ4n) is 7.97. The normalized spacial score (nSPS) is 11.4. The molecular formula is C51H30N6O. The molecule has 0 N–H and O–H groups in total. The number of para-hydroxylation sites is 2. The Morgan fingerprint density at radius 1 is 0.431 bits per heavy atom. The fraction of sp³-hybridized carbons (Fsp3) is 0. The molecule has 0 saturated heterocycles. The summed E-state index contributed by atoms with van der Waals surface area (Å²) < 4.78 is 8.61. The number of furan rings is 1. The van der Waals surface area contributed by atoms with Crippen LogP contribution in [0.3, 0.4) is 0 Å². The quantitative estimate of drug-likeness (QED) is 0.168. The summed E-state index contributed by atoms with van der Waals surface area (Å²) in [5.41, 5.74) is 11.8. The molecule has 0 aliphatic rings. The van der Waals surface area contributed by atoms with Crippen molar-refractivity contribution in [3.63, 3.8) is 0 Å². The Kier molecular flexibility index (Phi) is 7.73. The molecule has 11 rings (SSSR count). The van der Waals surface area contributed by atoms with Crippen molar-refractivity contribution >= 4 is 43.7 Å². The largest absolute Gasteiger partial charge is 0.456 e. The number of pyridine rings is 1. The Labute approximate surface area is 332 Å². The monoisotopic (exact) mass is 742 g/mol. The predicted molar refractivity (Wildman–Crippen MR) is 231 cm³/mol. The number of aromatic nitrogens is 5. The van der Waals surface area contributed by atoms with Crippen LogP contribution in [-0.2, 0) is 0 Å². The average Bonchev–Trinajstić information content (AvgIpc) is 3.84. The van der Waals surface area contributed by atoms with Crippen molar-refractivity contribution < 1.29 is 4.42 Å². The lowest BCUT2D eigenvalue weighted by Gasteiger charge is -2.12. The zero-order valence-electron chi connectivity index (χ0n) is 30.9. The van der Waals surface area contributed by atoms with E-state index in [4.69, 9.17) is 19.4 Å². The highest BCUT2D eigenvalue weighted by Gasteiger charge is 2.18. The maximum absolute atomic E-state index is 9.48. The first-order chi connectivity index (χ1) is 28.7. The number of rotatable bonds is 6. The summed E-state index contributed by atoms with van der Waals surface area (Å²) in [4.78, 5) is 19.9. The molecule has 11 aromatic rings. The van der Waals surface area contributed by atoms with Gasteiger partial charge in [0.1, 0.15) is 11.2 Å². The highest BCUT2D eigenvalue weighted by Crippen LogP contribution is 2.38. The minimum Gasteiger partial charge on any atom is -0.456 e. The van der Waals surface area contributed by atoms with Crippen LogP contribution >= 0.6 is 0 Å². The molecule has 0 fully saturated rings. The maximum atomic E-state index is 9.48. The van der Waals surface area contributed by atoms with Crippen molar-refractivity contribution in [3.8, 4) is 68.2 Å². The van der Waals surface area contributed by atoms with Crippen LogP contribution in [0.5, 0.6) is 0 Å². The van der Waals surface area contributed by atoms with E-state index in [1.165, 1.54) is 0 Å². The van der Waals surface area contributed by atoms with Crippen molar-refractivity contribution in [1.29, 1.82) is 5.26 Å². The first-order valence-corrected chi connectivity index (χ1v) is 19.0. The fourth-order valence-corrected chi connectivity index (χ4v) is 7.97. The summed E-state index contributed by atoms with van der Waals surface area (Å²) in [6.07, 6.45) is 3.65. The van der Waals surface area contributed by atoms with Gasteiger partial charge >= 0.3 is 0 Å². The molecule has 4 heterocycles. The van der Waals surface area contributed by atoms with Crippen molar-refractivity contribution in [2.75, 3.05) is 0 Å². The summed E-state index contributed by atoms with van der Waals surface area (Å²) in [6, 6.07) is 59.9. The minimum atomic E-state index is 0.552. The van der Waals surface area contributed by atoms with Crippen molar-refractivity contribution in [2.24, 2.45) is 0 Å². The van der Waals surface area contributed by atoms with Gasteiger partial charge in [-0.25, -0.2) is 15.0 Å². The van der Waals surface area contributed by atoms with Crippen LogP contribution in [0, 0.1) is 11.3 Å². The number of hydrogen-bond acceptors (Lipinski definition) is 6. The third-order valence-electron chi connectivity index (χ3n) is 10.7. The van der Waals surface area contributed by atoms with Gasteiger partial charge in [0, 0.05) is 61.9 Å². The topological polar surface area (TPSA) is 93.4 Å². The van der Waals surface area contributed by atoms with E-state index in [-0.39, 0.29) is 0 Å². The number of nitriles is 1. The third kappa shape index (κ3) is 5.67. The van der Waals surface area contributed by atoms with Crippen LogP contribution < -0.4 is 0 Å². The first kappa shape index (κ1) is 33.2. The zero-order valence-corrected chi connectivity index (χ0v) is 30.9. The van der Waals surface area contributed by atoms with Crippen LogP contribution in [0.25, 0.3) is 106 Å². The molecule has 0 unspecified atom stereocenters. The second kappa shape index (κ2) is 13.5. The molecule has 0 spiro atoms. The predicted octanol–water partition coefficient (Wildman–Crippen LogP) is 12.5. The molecule has 7 aromatic carbocycles. The van der Waals surface area contributed by atoms with Crippen LogP contribution in [0.15, 0.2) is 187 Å².